The lowest BCUT2D eigenvalue weighted by Crippen LogP contribution is -2.16. The lowest BCUT2D eigenvalue weighted by molar-refractivity contribution is 0.160. The maximum Gasteiger partial charge on any atom is 0.179 e. The molecule has 3 rings (SSSR count). The first-order valence-corrected chi connectivity index (χ1v) is 7.79. The minimum Gasteiger partial charge on any atom is -0.486 e. The van der Waals surface area contributed by atoms with Crippen molar-refractivity contribution in [2.24, 2.45) is 0 Å². The summed E-state index contributed by atoms with van der Waals surface area (Å²) >= 11 is 7.88. The minimum absolute atomic E-state index is 0.493. The molecule has 1 unspecified atom stereocenters. The molecule has 20 heavy (non-hydrogen) atoms. The predicted octanol–water partition coefficient (Wildman–Crippen LogP) is 3.84. The van der Waals surface area contributed by atoms with Crippen molar-refractivity contribution < 1.29 is 14.6 Å². The fourth-order valence-corrected chi connectivity index (χ4v) is 3.22. The van der Waals surface area contributed by atoms with Gasteiger partial charge >= 0.3 is 0 Å². The van der Waals surface area contributed by atoms with E-state index in [9.17, 15) is 5.11 Å². The Kier molecular flexibility index (Phi) is 4.15. The molecule has 1 N–H and O–H groups in total. The maximum atomic E-state index is 10.3. The van der Waals surface area contributed by atoms with Crippen molar-refractivity contribution in [1.82, 2.24) is 0 Å². The van der Waals surface area contributed by atoms with E-state index in [0.29, 0.717) is 36.2 Å². The molecule has 1 atom stereocenters. The molecule has 3 nitrogen and oxygen atoms in total. The van der Waals surface area contributed by atoms with E-state index in [1.807, 2.05) is 17.5 Å². The summed E-state index contributed by atoms with van der Waals surface area (Å²) in [6.45, 7) is 1.02. The van der Waals surface area contributed by atoms with Gasteiger partial charge in [-0.2, -0.15) is 0 Å². The molecule has 0 spiro atoms. The Hall–Kier alpha value is -1.23. The van der Waals surface area contributed by atoms with Gasteiger partial charge < -0.3 is 14.6 Å². The summed E-state index contributed by atoms with van der Waals surface area (Å²) in [7, 11) is 0. The molecule has 2 aromatic rings. The fourth-order valence-electron chi connectivity index (χ4n) is 2.22. The Morgan fingerprint density at radius 2 is 2.15 bits per heavy atom. The minimum atomic E-state index is -0.551. The number of halogens is 1. The van der Waals surface area contributed by atoms with Gasteiger partial charge in [0.05, 0.1) is 11.1 Å². The molecule has 1 aromatic carbocycles. The normalized spacial score (nSPS) is 15.1. The standard InChI is InChI=1S/C15H15ClO3S/c16-12-8-10(9-14-15(12)19-6-5-18-14)13(17)4-3-11-2-1-7-20-11/h1-2,7-9,13,17H,3-6H2. The second-order valence-corrected chi connectivity index (χ2v) is 6.10. The molecule has 1 aromatic heterocycles. The Labute approximate surface area is 126 Å². The van der Waals surface area contributed by atoms with Gasteiger partial charge in [-0.05, 0) is 42.0 Å². The van der Waals surface area contributed by atoms with Gasteiger partial charge in [-0.15, -0.1) is 11.3 Å². The third-order valence-corrected chi connectivity index (χ3v) is 4.47. The van der Waals surface area contributed by atoms with Gasteiger partial charge in [0.2, 0.25) is 0 Å². The second-order valence-electron chi connectivity index (χ2n) is 4.66. The van der Waals surface area contributed by atoms with Gasteiger partial charge in [0.15, 0.2) is 11.5 Å². The van der Waals surface area contributed by atoms with Crippen LogP contribution in [0.3, 0.4) is 0 Å². The van der Waals surface area contributed by atoms with Crippen LogP contribution in [0.15, 0.2) is 29.6 Å². The Bertz CT molecular complexity index is 583. The number of benzene rings is 1. The highest BCUT2D eigenvalue weighted by atomic mass is 35.5. The van der Waals surface area contributed by atoms with Crippen molar-refractivity contribution in [3.8, 4) is 11.5 Å². The van der Waals surface area contributed by atoms with Gasteiger partial charge in [0, 0.05) is 4.88 Å². The SMILES string of the molecule is OC(CCc1cccs1)c1cc(Cl)c2c(c1)OCCO2. The molecule has 0 amide bonds. The van der Waals surface area contributed by atoms with Gasteiger partial charge in [-0.25, -0.2) is 0 Å². The van der Waals surface area contributed by atoms with Gasteiger partial charge in [-0.3, -0.25) is 0 Å². The van der Waals surface area contributed by atoms with Crippen molar-refractivity contribution in [3.05, 3.63) is 45.1 Å². The van der Waals surface area contributed by atoms with E-state index in [0.717, 1.165) is 12.0 Å². The van der Waals surface area contributed by atoms with Crippen LogP contribution in [0.5, 0.6) is 11.5 Å². The highest BCUT2D eigenvalue weighted by molar-refractivity contribution is 7.09. The molecule has 1 aliphatic heterocycles. The zero-order valence-corrected chi connectivity index (χ0v) is 12.4. The van der Waals surface area contributed by atoms with Crippen LogP contribution < -0.4 is 9.47 Å². The van der Waals surface area contributed by atoms with Crippen LogP contribution in [0.2, 0.25) is 5.02 Å². The quantitative estimate of drug-likeness (QED) is 0.932. The summed E-state index contributed by atoms with van der Waals surface area (Å²) in [5.74, 6) is 1.20. The summed E-state index contributed by atoms with van der Waals surface area (Å²) in [5.41, 5.74) is 0.774. The van der Waals surface area contributed by atoms with Crippen molar-refractivity contribution in [2.75, 3.05) is 13.2 Å². The van der Waals surface area contributed by atoms with Crippen LogP contribution in [0.4, 0.5) is 0 Å². The molecule has 5 heteroatoms. The predicted molar refractivity (Wildman–Crippen MR) is 80.0 cm³/mol. The number of aliphatic hydroxyl groups is 1. The van der Waals surface area contributed by atoms with E-state index in [-0.39, 0.29) is 0 Å². The lowest BCUT2D eigenvalue weighted by atomic mass is 10.0. The van der Waals surface area contributed by atoms with Crippen molar-refractivity contribution in [3.63, 3.8) is 0 Å². The number of fused-ring (bicyclic) bond motifs is 1. The van der Waals surface area contributed by atoms with E-state index in [4.69, 9.17) is 21.1 Å². The zero-order valence-electron chi connectivity index (χ0n) is 10.8. The molecular weight excluding hydrogens is 296 g/mol. The van der Waals surface area contributed by atoms with E-state index in [1.54, 1.807) is 17.4 Å². The molecule has 1 aliphatic rings. The summed E-state index contributed by atoms with van der Waals surface area (Å²) < 4.78 is 11.0. The van der Waals surface area contributed by atoms with Crippen molar-refractivity contribution in [2.45, 2.75) is 18.9 Å². The number of rotatable bonds is 4. The smallest absolute Gasteiger partial charge is 0.179 e. The Morgan fingerprint density at radius 3 is 2.95 bits per heavy atom. The second kappa shape index (κ2) is 6.04. The van der Waals surface area contributed by atoms with E-state index in [2.05, 4.69) is 6.07 Å². The number of hydrogen-bond donors (Lipinski definition) is 1. The molecule has 0 bridgehead atoms. The lowest BCUT2D eigenvalue weighted by Gasteiger charge is -2.21. The maximum absolute atomic E-state index is 10.3. The van der Waals surface area contributed by atoms with E-state index >= 15 is 0 Å². The van der Waals surface area contributed by atoms with E-state index in [1.165, 1.54) is 4.88 Å². The van der Waals surface area contributed by atoms with Crippen LogP contribution in [-0.2, 0) is 6.42 Å². The molecule has 2 heterocycles. The monoisotopic (exact) mass is 310 g/mol. The molecule has 0 radical (unpaired) electrons. The summed E-state index contributed by atoms with van der Waals surface area (Å²) in [6, 6.07) is 7.68. The van der Waals surface area contributed by atoms with Crippen LogP contribution in [0.25, 0.3) is 0 Å². The molecule has 106 valence electrons. The van der Waals surface area contributed by atoms with Crippen LogP contribution in [0, 0.1) is 0 Å². The summed E-state index contributed by atoms with van der Waals surface area (Å²) in [6.07, 6.45) is 0.965. The first-order chi connectivity index (χ1) is 9.74. The number of aryl methyl sites for hydroxylation is 1. The van der Waals surface area contributed by atoms with Crippen LogP contribution >= 0.6 is 22.9 Å². The van der Waals surface area contributed by atoms with Gasteiger partial charge in [0.1, 0.15) is 13.2 Å². The Balaban J connectivity index is 1.74. The highest BCUT2D eigenvalue weighted by Gasteiger charge is 2.19. The highest BCUT2D eigenvalue weighted by Crippen LogP contribution is 2.40. The number of thiophene rings is 1. The van der Waals surface area contributed by atoms with Crippen LogP contribution in [0.1, 0.15) is 23.0 Å². The average molecular weight is 311 g/mol. The summed E-state index contributed by atoms with van der Waals surface area (Å²) in [5, 5.41) is 12.8. The first kappa shape index (κ1) is 13.7. The van der Waals surface area contributed by atoms with Gasteiger partial charge in [0.25, 0.3) is 0 Å². The number of hydrogen-bond acceptors (Lipinski definition) is 4. The van der Waals surface area contributed by atoms with Crippen molar-refractivity contribution in [1.29, 1.82) is 0 Å². The molecule has 0 fully saturated rings. The van der Waals surface area contributed by atoms with Crippen LogP contribution in [-0.4, -0.2) is 18.3 Å². The number of aliphatic hydroxyl groups excluding tert-OH is 1. The topological polar surface area (TPSA) is 38.7 Å². The Morgan fingerprint density at radius 1 is 1.30 bits per heavy atom. The first-order valence-electron chi connectivity index (χ1n) is 6.53. The molecule has 0 aliphatic carbocycles. The molecule has 0 saturated carbocycles. The third-order valence-electron chi connectivity index (χ3n) is 3.25. The van der Waals surface area contributed by atoms with Gasteiger partial charge in [-0.1, -0.05) is 17.7 Å². The average Bonchev–Trinajstić information content (AvgIpc) is 2.98. The largest absolute Gasteiger partial charge is 0.486 e. The van der Waals surface area contributed by atoms with Crippen molar-refractivity contribution >= 4 is 22.9 Å². The molecular formula is C15H15ClO3S. The summed E-state index contributed by atoms with van der Waals surface area (Å²) in [4.78, 5) is 1.27. The fraction of sp³-hybridized carbons (Fsp3) is 0.333. The molecule has 0 saturated heterocycles. The third kappa shape index (κ3) is 2.92. The number of ether oxygens (including phenoxy) is 2. The zero-order chi connectivity index (χ0) is 13.9. The van der Waals surface area contributed by atoms with E-state index < -0.39 is 6.10 Å².